The van der Waals surface area contributed by atoms with Crippen molar-refractivity contribution in [3.05, 3.63) is 29.3 Å². The third kappa shape index (κ3) is 2.91. The van der Waals surface area contributed by atoms with E-state index in [1.165, 1.54) is 25.9 Å². The lowest BCUT2D eigenvalue weighted by Crippen LogP contribution is -2.46. The van der Waals surface area contributed by atoms with Crippen molar-refractivity contribution < 1.29 is 14.6 Å². The molecule has 0 aliphatic carbocycles. The van der Waals surface area contributed by atoms with E-state index in [0.717, 1.165) is 49.2 Å². The van der Waals surface area contributed by atoms with Gasteiger partial charge in [-0.05, 0) is 44.3 Å². The van der Waals surface area contributed by atoms with Crippen LogP contribution in [0.15, 0.2) is 18.2 Å². The molecule has 5 nitrogen and oxygen atoms in total. The van der Waals surface area contributed by atoms with E-state index in [-0.39, 0.29) is 0 Å². The van der Waals surface area contributed by atoms with Crippen molar-refractivity contribution in [1.29, 1.82) is 0 Å². The van der Waals surface area contributed by atoms with Crippen molar-refractivity contribution in [2.45, 2.75) is 44.2 Å². The van der Waals surface area contributed by atoms with E-state index in [1.807, 2.05) is 18.2 Å². The number of aliphatic carboxylic acids is 1. The topological polar surface area (TPSA) is 53.0 Å². The van der Waals surface area contributed by atoms with Gasteiger partial charge in [-0.15, -0.1) is 0 Å². The number of benzene rings is 1. The lowest BCUT2D eigenvalue weighted by atomic mass is 9.96. The molecule has 2 saturated heterocycles. The average Bonchev–Trinajstić information content (AvgIpc) is 3.27. The Hall–Kier alpha value is -1.59. The van der Waals surface area contributed by atoms with Gasteiger partial charge in [0, 0.05) is 31.1 Å². The Morgan fingerprint density at radius 2 is 1.92 bits per heavy atom. The second-order valence-electron chi connectivity index (χ2n) is 7.18. The van der Waals surface area contributed by atoms with E-state index in [0.29, 0.717) is 12.6 Å². The van der Waals surface area contributed by atoms with Crippen LogP contribution in [0.4, 0.5) is 0 Å². The lowest BCUT2D eigenvalue weighted by molar-refractivity contribution is -0.144. The van der Waals surface area contributed by atoms with Gasteiger partial charge in [0.25, 0.3) is 0 Å². The van der Waals surface area contributed by atoms with Crippen molar-refractivity contribution in [2.24, 2.45) is 0 Å². The summed E-state index contributed by atoms with van der Waals surface area (Å²) in [5, 5.41) is 9.88. The first-order chi connectivity index (χ1) is 11.7. The molecule has 0 aromatic heterocycles. The molecular formula is C19H26N2O3. The van der Waals surface area contributed by atoms with Crippen molar-refractivity contribution in [3.63, 3.8) is 0 Å². The number of carboxylic acids is 1. The predicted molar refractivity (Wildman–Crippen MR) is 91.4 cm³/mol. The molecule has 0 spiro atoms. The number of ether oxygens (including phenoxy) is 1. The molecule has 0 saturated carbocycles. The molecule has 0 radical (unpaired) electrons. The fourth-order valence-corrected chi connectivity index (χ4v) is 4.56. The fourth-order valence-electron chi connectivity index (χ4n) is 4.56. The Balaban J connectivity index is 1.51. The van der Waals surface area contributed by atoms with Crippen LogP contribution in [0.3, 0.4) is 0 Å². The van der Waals surface area contributed by atoms with Crippen LogP contribution in [-0.2, 0) is 11.2 Å². The summed E-state index contributed by atoms with van der Waals surface area (Å²) in [5.41, 5.74) is 1.97. The molecule has 1 N–H and O–H groups in total. The van der Waals surface area contributed by atoms with Gasteiger partial charge in [-0.25, -0.2) is 0 Å². The quantitative estimate of drug-likeness (QED) is 0.918. The minimum atomic E-state index is -0.765. The fraction of sp³-hybridized carbons (Fsp3) is 0.632. The highest BCUT2D eigenvalue weighted by Gasteiger charge is 2.35. The molecule has 24 heavy (non-hydrogen) atoms. The van der Waals surface area contributed by atoms with E-state index in [1.54, 1.807) is 0 Å². The number of carbonyl (C=O) groups is 1. The Morgan fingerprint density at radius 1 is 1.17 bits per heavy atom. The largest absolute Gasteiger partial charge is 0.493 e. The summed E-state index contributed by atoms with van der Waals surface area (Å²) in [6.07, 6.45) is 5.64. The number of piperidine rings is 1. The standard InChI is InChI=1S/C19H26N2O3/c22-19(23)17(16-5-3-4-14-8-13-24-18(14)16)21-11-6-15(7-12-21)20-9-1-2-10-20/h3-5,15,17H,1-2,6-13H2,(H,22,23)/t17-/m1/s1. The van der Waals surface area contributed by atoms with Crippen LogP contribution in [-0.4, -0.2) is 59.7 Å². The minimum Gasteiger partial charge on any atom is -0.493 e. The smallest absolute Gasteiger partial charge is 0.325 e. The van der Waals surface area contributed by atoms with Gasteiger partial charge < -0.3 is 14.7 Å². The highest BCUT2D eigenvalue weighted by atomic mass is 16.5. The zero-order valence-electron chi connectivity index (χ0n) is 14.1. The number of likely N-dealkylation sites (tertiary alicyclic amines) is 2. The number of para-hydroxylation sites is 1. The highest BCUT2D eigenvalue weighted by molar-refractivity contribution is 5.77. The monoisotopic (exact) mass is 330 g/mol. The first kappa shape index (κ1) is 15.9. The lowest BCUT2D eigenvalue weighted by Gasteiger charge is -2.39. The van der Waals surface area contributed by atoms with Gasteiger partial charge in [-0.3, -0.25) is 9.69 Å². The van der Waals surface area contributed by atoms with E-state index < -0.39 is 12.0 Å². The number of nitrogens with zero attached hydrogens (tertiary/aromatic N) is 2. The average molecular weight is 330 g/mol. The van der Waals surface area contributed by atoms with Gasteiger partial charge in [0.1, 0.15) is 11.8 Å². The molecule has 2 fully saturated rings. The van der Waals surface area contributed by atoms with Gasteiger partial charge in [0.2, 0.25) is 0 Å². The zero-order valence-corrected chi connectivity index (χ0v) is 14.1. The van der Waals surface area contributed by atoms with E-state index in [4.69, 9.17) is 4.74 Å². The normalized spacial score (nSPS) is 23.8. The predicted octanol–water partition coefficient (Wildman–Crippen LogP) is 2.31. The zero-order chi connectivity index (χ0) is 16.5. The van der Waals surface area contributed by atoms with Crippen LogP contribution < -0.4 is 4.74 Å². The summed E-state index contributed by atoms with van der Waals surface area (Å²) in [6.45, 7) is 4.79. The number of carboxylic acid groups (broad SMARTS) is 1. The third-order valence-corrected chi connectivity index (χ3v) is 5.79. The second-order valence-corrected chi connectivity index (χ2v) is 7.18. The summed E-state index contributed by atoms with van der Waals surface area (Å²) in [7, 11) is 0. The molecule has 1 atom stereocenters. The van der Waals surface area contributed by atoms with E-state index in [2.05, 4.69) is 9.80 Å². The number of hydrogen-bond acceptors (Lipinski definition) is 4. The third-order valence-electron chi connectivity index (χ3n) is 5.79. The van der Waals surface area contributed by atoms with Gasteiger partial charge in [0.15, 0.2) is 0 Å². The summed E-state index contributed by atoms with van der Waals surface area (Å²) < 4.78 is 5.76. The summed E-state index contributed by atoms with van der Waals surface area (Å²) >= 11 is 0. The first-order valence-electron chi connectivity index (χ1n) is 9.19. The molecular weight excluding hydrogens is 304 g/mol. The molecule has 0 bridgehead atoms. The summed E-state index contributed by atoms with van der Waals surface area (Å²) in [4.78, 5) is 16.8. The van der Waals surface area contributed by atoms with Gasteiger partial charge in [-0.1, -0.05) is 18.2 Å². The van der Waals surface area contributed by atoms with Crippen molar-refractivity contribution in [1.82, 2.24) is 9.80 Å². The molecule has 1 aromatic carbocycles. The van der Waals surface area contributed by atoms with E-state index in [9.17, 15) is 9.90 Å². The summed E-state index contributed by atoms with van der Waals surface area (Å²) in [5.74, 6) is 0.0464. The van der Waals surface area contributed by atoms with Crippen LogP contribution in [0.2, 0.25) is 0 Å². The molecule has 5 heteroatoms. The molecule has 130 valence electrons. The Bertz CT molecular complexity index is 605. The minimum absolute atomic E-state index is 0.586. The molecule has 3 aliphatic rings. The SMILES string of the molecule is O=C(O)[C@@H](c1cccc2c1OCC2)N1CCC(N2CCCC2)CC1. The maximum absolute atomic E-state index is 12.0. The Labute approximate surface area is 143 Å². The number of rotatable bonds is 4. The summed E-state index contributed by atoms with van der Waals surface area (Å²) in [6, 6.07) is 5.99. The maximum Gasteiger partial charge on any atom is 0.325 e. The van der Waals surface area contributed by atoms with Crippen LogP contribution in [0, 0.1) is 0 Å². The molecule has 1 aromatic rings. The van der Waals surface area contributed by atoms with Crippen LogP contribution in [0.25, 0.3) is 0 Å². The van der Waals surface area contributed by atoms with Crippen LogP contribution in [0.5, 0.6) is 5.75 Å². The molecule has 0 amide bonds. The molecule has 3 heterocycles. The maximum atomic E-state index is 12.0. The van der Waals surface area contributed by atoms with Crippen molar-refractivity contribution in [2.75, 3.05) is 32.8 Å². The second kappa shape index (κ2) is 6.73. The van der Waals surface area contributed by atoms with Crippen molar-refractivity contribution in [3.8, 4) is 5.75 Å². The number of hydrogen-bond donors (Lipinski definition) is 1. The Kier molecular flexibility index (Phi) is 4.46. The Morgan fingerprint density at radius 3 is 2.62 bits per heavy atom. The first-order valence-corrected chi connectivity index (χ1v) is 9.19. The number of fused-ring (bicyclic) bond motifs is 1. The highest BCUT2D eigenvalue weighted by Crippen LogP contribution is 2.37. The molecule has 0 unspecified atom stereocenters. The van der Waals surface area contributed by atoms with Gasteiger partial charge in [0.05, 0.1) is 6.61 Å². The molecule has 4 rings (SSSR count). The van der Waals surface area contributed by atoms with Gasteiger partial charge in [-0.2, -0.15) is 0 Å². The van der Waals surface area contributed by atoms with Crippen LogP contribution >= 0.6 is 0 Å². The van der Waals surface area contributed by atoms with Crippen molar-refractivity contribution >= 4 is 5.97 Å². The van der Waals surface area contributed by atoms with Gasteiger partial charge >= 0.3 is 5.97 Å². The van der Waals surface area contributed by atoms with E-state index >= 15 is 0 Å². The van der Waals surface area contributed by atoms with Crippen LogP contribution in [0.1, 0.15) is 42.9 Å². The molecule has 3 aliphatic heterocycles.